The van der Waals surface area contributed by atoms with E-state index in [-0.39, 0.29) is 11.7 Å². The molecule has 6 heteroatoms. The molecule has 1 unspecified atom stereocenters. The fourth-order valence-corrected chi connectivity index (χ4v) is 2.70. The number of sulfonamides is 1. The van der Waals surface area contributed by atoms with E-state index in [0.29, 0.717) is 23.8 Å². The Balaban J connectivity index is 2.65. The van der Waals surface area contributed by atoms with Crippen LogP contribution < -0.4 is 9.88 Å². The first-order valence-corrected chi connectivity index (χ1v) is 7.80. The third-order valence-electron chi connectivity index (χ3n) is 2.67. The maximum absolute atomic E-state index is 11.0. The van der Waals surface area contributed by atoms with Gasteiger partial charge in [-0.1, -0.05) is 24.6 Å². The van der Waals surface area contributed by atoms with Crippen LogP contribution in [0.3, 0.4) is 0 Å². The topological polar surface area (TPSA) is 69.4 Å². The van der Waals surface area contributed by atoms with E-state index in [1.807, 2.05) is 19.9 Å². The van der Waals surface area contributed by atoms with Crippen molar-refractivity contribution in [3.8, 4) is 5.75 Å². The Labute approximate surface area is 113 Å². The Morgan fingerprint density at radius 3 is 2.67 bits per heavy atom. The number of aryl methyl sites for hydroxylation is 1. The minimum atomic E-state index is -3.46. The van der Waals surface area contributed by atoms with E-state index in [1.54, 1.807) is 12.1 Å². The molecule has 0 amide bonds. The molecule has 0 fully saturated rings. The van der Waals surface area contributed by atoms with Gasteiger partial charge >= 0.3 is 0 Å². The first-order valence-electron chi connectivity index (χ1n) is 5.71. The minimum Gasteiger partial charge on any atom is -0.493 e. The first-order chi connectivity index (χ1) is 8.31. The molecule has 1 aromatic rings. The third kappa shape index (κ3) is 5.25. The number of rotatable bonds is 6. The van der Waals surface area contributed by atoms with Gasteiger partial charge in [0.25, 0.3) is 0 Å². The van der Waals surface area contributed by atoms with Gasteiger partial charge in [-0.25, -0.2) is 13.6 Å². The summed E-state index contributed by atoms with van der Waals surface area (Å²) < 4.78 is 27.7. The van der Waals surface area contributed by atoms with E-state index in [0.717, 1.165) is 5.56 Å². The summed E-state index contributed by atoms with van der Waals surface area (Å²) in [5, 5.41) is 5.62. The Hall–Kier alpha value is -0.780. The lowest BCUT2D eigenvalue weighted by Crippen LogP contribution is -2.26. The van der Waals surface area contributed by atoms with Crippen LogP contribution in [0.4, 0.5) is 0 Å². The maximum atomic E-state index is 11.0. The number of hydrogen-bond acceptors (Lipinski definition) is 3. The Bertz CT molecular complexity index is 502. The monoisotopic (exact) mass is 291 g/mol. The maximum Gasteiger partial charge on any atom is 0.209 e. The van der Waals surface area contributed by atoms with Crippen molar-refractivity contribution in [2.24, 2.45) is 11.1 Å². The van der Waals surface area contributed by atoms with E-state index in [4.69, 9.17) is 21.5 Å². The van der Waals surface area contributed by atoms with Crippen LogP contribution in [0.1, 0.15) is 18.9 Å². The van der Waals surface area contributed by atoms with Gasteiger partial charge in [0.2, 0.25) is 10.0 Å². The van der Waals surface area contributed by atoms with Crippen molar-refractivity contribution in [2.45, 2.75) is 20.3 Å². The van der Waals surface area contributed by atoms with Gasteiger partial charge in [-0.05, 0) is 31.0 Å². The third-order valence-corrected chi connectivity index (χ3v) is 3.84. The summed E-state index contributed by atoms with van der Waals surface area (Å²) in [5.74, 6) is 0.497. The summed E-state index contributed by atoms with van der Waals surface area (Å²) in [7, 11) is -3.46. The molecule has 0 saturated carbocycles. The fourth-order valence-electron chi connectivity index (χ4n) is 1.55. The van der Waals surface area contributed by atoms with E-state index in [9.17, 15) is 8.42 Å². The molecule has 0 radical (unpaired) electrons. The molecule has 102 valence electrons. The summed E-state index contributed by atoms with van der Waals surface area (Å²) >= 11 is 5.88. The van der Waals surface area contributed by atoms with Crippen LogP contribution in [0.15, 0.2) is 18.2 Å². The van der Waals surface area contributed by atoms with Gasteiger partial charge in [-0.15, -0.1) is 0 Å². The molecule has 1 aromatic carbocycles. The zero-order chi connectivity index (χ0) is 13.8. The van der Waals surface area contributed by atoms with Crippen molar-refractivity contribution in [1.82, 2.24) is 0 Å². The second-order valence-electron chi connectivity index (χ2n) is 4.32. The molecule has 0 aliphatic rings. The largest absolute Gasteiger partial charge is 0.493 e. The predicted octanol–water partition coefficient (Wildman–Crippen LogP) is 2.34. The summed E-state index contributed by atoms with van der Waals surface area (Å²) in [6.45, 7) is 4.13. The van der Waals surface area contributed by atoms with Crippen LogP contribution >= 0.6 is 11.6 Å². The van der Waals surface area contributed by atoms with Crippen LogP contribution in [0.25, 0.3) is 0 Å². The number of benzene rings is 1. The Kier molecular flexibility index (Phi) is 5.44. The van der Waals surface area contributed by atoms with Crippen LogP contribution in [0.2, 0.25) is 5.02 Å². The highest BCUT2D eigenvalue weighted by molar-refractivity contribution is 7.89. The second kappa shape index (κ2) is 6.41. The Morgan fingerprint density at radius 1 is 1.44 bits per heavy atom. The summed E-state index contributed by atoms with van der Waals surface area (Å²) in [4.78, 5) is 0. The van der Waals surface area contributed by atoms with Crippen LogP contribution in [-0.4, -0.2) is 20.8 Å². The zero-order valence-electron chi connectivity index (χ0n) is 10.5. The number of ether oxygens (including phenoxy) is 1. The molecule has 2 N–H and O–H groups in total. The molecule has 18 heavy (non-hydrogen) atoms. The molecule has 0 aliphatic carbocycles. The highest BCUT2D eigenvalue weighted by atomic mass is 35.5. The predicted molar refractivity (Wildman–Crippen MR) is 73.4 cm³/mol. The molecule has 0 aromatic heterocycles. The standard InChI is InChI=1S/C12H18ClNO3S/c1-3-10(8-18(14,15)16)7-17-12-6-11(13)5-4-9(12)2/h4-6,10H,3,7-8H2,1-2H3,(H2,14,15,16). The number of primary sulfonamides is 1. The number of hydrogen-bond donors (Lipinski definition) is 1. The number of halogens is 1. The van der Waals surface area contributed by atoms with Gasteiger partial charge in [0.1, 0.15) is 5.75 Å². The molecule has 0 saturated heterocycles. The van der Waals surface area contributed by atoms with Crippen molar-refractivity contribution in [3.05, 3.63) is 28.8 Å². The van der Waals surface area contributed by atoms with Gasteiger partial charge in [0, 0.05) is 10.9 Å². The molecule has 4 nitrogen and oxygen atoms in total. The molecule has 1 atom stereocenters. The first kappa shape index (κ1) is 15.3. The normalized spacial score (nSPS) is 13.3. The lowest BCUT2D eigenvalue weighted by molar-refractivity contribution is 0.256. The number of nitrogens with two attached hydrogens (primary N) is 1. The van der Waals surface area contributed by atoms with Crippen molar-refractivity contribution in [1.29, 1.82) is 0 Å². The smallest absolute Gasteiger partial charge is 0.209 e. The van der Waals surface area contributed by atoms with Gasteiger partial charge in [-0.2, -0.15) is 0 Å². The summed E-state index contributed by atoms with van der Waals surface area (Å²) in [6.07, 6.45) is 0.691. The minimum absolute atomic E-state index is 0.0664. The van der Waals surface area contributed by atoms with E-state index in [2.05, 4.69) is 0 Å². The SMILES string of the molecule is CCC(COc1cc(Cl)ccc1C)CS(N)(=O)=O. The van der Waals surface area contributed by atoms with Gasteiger partial charge in [0.15, 0.2) is 0 Å². The highest BCUT2D eigenvalue weighted by Crippen LogP contribution is 2.23. The van der Waals surface area contributed by atoms with Crippen molar-refractivity contribution in [2.75, 3.05) is 12.4 Å². The second-order valence-corrected chi connectivity index (χ2v) is 6.42. The van der Waals surface area contributed by atoms with Gasteiger partial charge in [0.05, 0.1) is 12.4 Å². The van der Waals surface area contributed by atoms with Crippen LogP contribution in [0, 0.1) is 12.8 Å². The lowest BCUT2D eigenvalue weighted by Gasteiger charge is -2.16. The zero-order valence-corrected chi connectivity index (χ0v) is 12.1. The van der Waals surface area contributed by atoms with E-state index >= 15 is 0 Å². The van der Waals surface area contributed by atoms with Crippen LogP contribution in [0.5, 0.6) is 5.75 Å². The lowest BCUT2D eigenvalue weighted by atomic mass is 10.1. The average molecular weight is 292 g/mol. The Morgan fingerprint density at radius 2 is 2.11 bits per heavy atom. The molecular formula is C12H18ClNO3S. The summed E-state index contributed by atoms with van der Waals surface area (Å²) in [6, 6.07) is 5.37. The molecule has 1 rings (SSSR count). The molecule has 0 spiro atoms. The summed E-state index contributed by atoms with van der Waals surface area (Å²) in [5.41, 5.74) is 0.963. The van der Waals surface area contributed by atoms with Crippen molar-refractivity contribution >= 4 is 21.6 Å². The van der Waals surface area contributed by atoms with Gasteiger partial charge < -0.3 is 4.74 Å². The molecule has 0 aliphatic heterocycles. The molecule has 0 heterocycles. The van der Waals surface area contributed by atoms with Crippen molar-refractivity contribution < 1.29 is 13.2 Å². The average Bonchev–Trinajstić information content (AvgIpc) is 2.27. The van der Waals surface area contributed by atoms with E-state index < -0.39 is 10.0 Å². The quantitative estimate of drug-likeness (QED) is 0.874. The van der Waals surface area contributed by atoms with Crippen LogP contribution in [-0.2, 0) is 10.0 Å². The van der Waals surface area contributed by atoms with Gasteiger partial charge in [-0.3, -0.25) is 0 Å². The van der Waals surface area contributed by atoms with Crippen molar-refractivity contribution in [3.63, 3.8) is 0 Å². The molecule has 0 bridgehead atoms. The molecular weight excluding hydrogens is 274 g/mol. The van der Waals surface area contributed by atoms with E-state index in [1.165, 1.54) is 0 Å². The highest BCUT2D eigenvalue weighted by Gasteiger charge is 2.15. The fraction of sp³-hybridized carbons (Fsp3) is 0.500.